The Balaban J connectivity index is 0.000000500. The molecule has 0 amide bonds. The van der Waals surface area contributed by atoms with E-state index in [1.54, 1.807) is 21.8 Å². The molecule has 1 aliphatic heterocycles. The molecule has 0 bridgehead atoms. The number of hydrogen-bond donors (Lipinski definition) is 0. The molecule has 1 aliphatic rings. The third kappa shape index (κ3) is 1.36. The van der Waals surface area contributed by atoms with E-state index in [2.05, 4.69) is 10.8 Å². The van der Waals surface area contributed by atoms with Gasteiger partial charge in [0.2, 0.25) is 0 Å². The van der Waals surface area contributed by atoms with Gasteiger partial charge in [-0.25, -0.2) is 4.72 Å². The molecule has 53 valence electrons. The Hall–Kier alpha value is 0.01000. The summed E-state index contributed by atoms with van der Waals surface area (Å²) < 4.78 is 4.18. The lowest BCUT2D eigenvalue weighted by Gasteiger charge is -1.88. The van der Waals surface area contributed by atoms with Crippen LogP contribution < -0.4 is 4.72 Å². The molecular formula is C6H5ClNS2. The number of nitrogens with zero attached hydrogens (tertiary/aromatic N) is 1. The van der Waals surface area contributed by atoms with Crippen LogP contribution in [0, 0.1) is 0 Å². The molecule has 0 spiro atoms. The first-order valence-corrected chi connectivity index (χ1v) is 4.71. The van der Waals surface area contributed by atoms with Crippen LogP contribution in [0.5, 0.6) is 0 Å². The van der Waals surface area contributed by atoms with Gasteiger partial charge in [-0.1, -0.05) is 12.1 Å². The number of fused-ring (bicyclic) bond motifs is 1. The molecule has 0 aromatic heterocycles. The van der Waals surface area contributed by atoms with Gasteiger partial charge in [0, 0.05) is 15.9 Å². The van der Waals surface area contributed by atoms with Gasteiger partial charge in [0.25, 0.3) is 0 Å². The lowest BCUT2D eigenvalue weighted by Crippen LogP contribution is -1.73. The van der Waals surface area contributed by atoms with Crippen LogP contribution in [0.15, 0.2) is 29.2 Å². The molecule has 0 fully saturated rings. The quantitative estimate of drug-likeness (QED) is 0.461. The minimum absolute atomic E-state index is 0. The van der Waals surface area contributed by atoms with Crippen LogP contribution in [0.25, 0.3) is 0 Å². The second-order valence-corrected chi connectivity index (χ2v) is 3.60. The van der Waals surface area contributed by atoms with Crippen molar-refractivity contribution in [2.45, 2.75) is 4.90 Å². The maximum Gasteiger partial charge on any atom is 0.0868 e. The molecule has 1 heterocycles. The first kappa shape index (κ1) is 8.11. The smallest absolute Gasteiger partial charge is 0.0868 e. The Morgan fingerprint density at radius 1 is 1.20 bits per heavy atom. The summed E-state index contributed by atoms with van der Waals surface area (Å²) >= 11 is 0. The number of halogens is 1. The maximum absolute atomic E-state index is 4.18. The summed E-state index contributed by atoms with van der Waals surface area (Å²) in [7, 11) is 3.26. The molecule has 0 aliphatic carbocycles. The molecule has 2 rings (SSSR count). The van der Waals surface area contributed by atoms with Crippen molar-refractivity contribution in [2.24, 2.45) is 0 Å². The Bertz CT molecular complexity index is 206. The highest BCUT2D eigenvalue weighted by atomic mass is 35.5. The normalized spacial score (nSPS) is 13.2. The average molecular weight is 191 g/mol. The van der Waals surface area contributed by atoms with E-state index in [4.69, 9.17) is 0 Å². The van der Waals surface area contributed by atoms with Crippen molar-refractivity contribution in [2.75, 3.05) is 0 Å². The molecule has 0 atom stereocenters. The second-order valence-electron chi connectivity index (χ2n) is 1.72. The molecule has 0 N–H and O–H groups in total. The van der Waals surface area contributed by atoms with Crippen molar-refractivity contribution >= 4 is 39.9 Å². The average Bonchev–Trinajstić information content (AvgIpc) is 2.33. The second kappa shape index (κ2) is 3.42. The molecular weight excluding hydrogens is 186 g/mol. The molecule has 0 unspecified atom stereocenters. The van der Waals surface area contributed by atoms with Crippen LogP contribution in [0.1, 0.15) is 0 Å². The SMILES string of the molecule is Cl.c1ccc2c(c1)[N]SS2. The standard InChI is InChI=1S/C6H4NS2.ClH/c1-2-4-6-5(3-1)7-9-8-6;/h1-4H;1H. The van der Waals surface area contributed by atoms with Crippen molar-refractivity contribution in [1.29, 1.82) is 0 Å². The van der Waals surface area contributed by atoms with E-state index in [1.807, 2.05) is 18.2 Å². The van der Waals surface area contributed by atoms with Gasteiger partial charge >= 0.3 is 0 Å². The van der Waals surface area contributed by atoms with Gasteiger partial charge in [0.1, 0.15) is 0 Å². The molecule has 1 nitrogen and oxygen atoms in total. The van der Waals surface area contributed by atoms with E-state index < -0.39 is 0 Å². The van der Waals surface area contributed by atoms with Gasteiger partial charge in [-0.05, 0) is 22.9 Å². The molecule has 10 heavy (non-hydrogen) atoms. The first-order valence-electron chi connectivity index (χ1n) is 2.60. The lowest BCUT2D eigenvalue weighted by molar-refractivity contribution is 1.31. The van der Waals surface area contributed by atoms with Gasteiger partial charge in [-0.2, -0.15) is 0 Å². The van der Waals surface area contributed by atoms with Gasteiger partial charge in [-0.3, -0.25) is 0 Å². The summed E-state index contributed by atoms with van der Waals surface area (Å²) in [5.41, 5.74) is 1.12. The molecule has 1 aromatic rings. The number of benzene rings is 1. The van der Waals surface area contributed by atoms with Crippen LogP contribution in [0.2, 0.25) is 0 Å². The highest BCUT2D eigenvalue weighted by Gasteiger charge is 2.10. The first-order chi connectivity index (χ1) is 4.47. The Morgan fingerprint density at radius 2 is 2.00 bits per heavy atom. The zero-order chi connectivity index (χ0) is 6.10. The van der Waals surface area contributed by atoms with E-state index in [-0.39, 0.29) is 12.4 Å². The zero-order valence-corrected chi connectivity index (χ0v) is 7.43. The van der Waals surface area contributed by atoms with Gasteiger partial charge in [0.05, 0.1) is 5.69 Å². The molecule has 1 radical (unpaired) electrons. The van der Waals surface area contributed by atoms with Gasteiger partial charge in [0.15, 0.2) is 0 Å². The van der Waals surface area contributed by atoms with Crippen molar-refractivity contribution in [3.63, 3.8) is 0 Å². The topological polar surface area (TPSA) is 14.1 Å². The summed E-state index contributed by atoms with van der Waals surface area (Å²) in [5, 5.41) is 0. The van der Waals surface area contributed by atoms with Crippen LogP contribution in [0.3, 0.4) is 0 Å². The Labute approximate surface area is 73.9 Å². The third-order valence-electron chi connectivity index (χ3n) is 1.13. The summed E-state index contributed by atoms with van der Waals surface area (Å²) in [6.45, 7) is 0. The zero-order valence-electron chi connectivity index (χ0n) is 4.98. The van der Waals surface area contributed by atoms with Crippen molar-refractivity contribution in [1.82, 2.24) is 4.72 Å². The largest absolute Gasteiger partial charge is 0.204 e. The lowest BCUT2D eigenvalue weighted by atomic mass is 10.3. The highest BCUT2D eigenvalue weighted by molar-refractivity contribution is 8.76. The van der Waals surface area contributed by atoms with E-state index in [9.17, 15) is 0 Å². The van der Waals surface area contributed by atoms with Crippen LogP contribution in [-0.2, 0) is 0 Å². The highest BCUT2D eigenvalue weighted by Crippen LogP contribution is 2.43. The fourth-order valence-electron chi connectivity index (χ4n) is 0.702. The molecule has 0 saturated heterocycles. The van der Waals surface area contributed by atoms with Crippen molar-refractivity contribution < 1.29 is 0 Å². The van der Waals surface area contributed by atoms with Gasteiger partial charge < -0.3 is 0 Å². The predicted octanol–water partition coefficient (Wildman–Crippen LogP) is 3.01. The van der Waals surface area contributed by atoms with Crippen LogP contribution in [0.4, 0.5) is 5.69 Å². The van der Waals surface area contributed by atoms with E-state index >= 15 is 0 Å². The fourth-order valence-corrected chi connectivity index (χ4v) is 2.47. The predicted molar refractivity (Wildman–Crippen MR) is 48.9 cm³/mol. The summed E-state index contributed by atoms with van der Waals surface area (Å²) in [6, 6.07) is 8.16. The van der Waals surface area contributed by atoms with Crippen molar-refractivity contribution in [3.05, 3.63) is 24.3 Å². The summed E-state index contributed by atoms with van der Waals surface area (Å²) in [4.78, 5) is 1.28. The van der Waals surface area contributed by atoms with Gasteiger partial charge in [-0.15, -0.1) is 12.4 Å². The van der Waals surface area contributed by atoms with Crippen molar-refractivity contribution in [3.8, 4) is 0 Å². The number of rotatable bonds is 0. The summed E-state index contributed by atoms with van der Waals surface area (Å²) in [6.07, 6.45) is 0. The van der Waals surface area contributed by atoms with E-state index in [0.29, 0.717) is 0 Å². The molecule has 1 aromatic carbocycles. The number of hydrogen-bond acceptors (Lipinski definition) is 2. The maximum atomic E-state index is 4.18. The van der Waals surface area contributed by atoms with Crippen LogP contribution in [-0.4, -0.2) is 0 Å². The minimum Gasteiger partial charge on any atom is -0.204 e. The monoisotopic (exact) mass is 190 g/mol. The van der Waals surface area contributed by atoms with E-state index in [1.165, 1.54) is 4.90 Å². The minimum atomic E-state index is 0. The summed E-state index contributed by atoms with van der Waals surface area (Å²) in [5.74, 6) is 0. The van der Waals surface area contributed by atoms with E-state index in [0.717, 1.165) is 5.69 Å². The molecule has 0 saturated carbocycles. The third-order valence-corrected chi connectivity index (χ3v) is 2.98. The molecule has 4 heteroatoms. The Morgan fingerprint density at radius 3 is 2.80 bits per heavy atom. The van der Waals surface area contributed by atoms with Crippen LogP contribution >= 0.6 is 34.2 Å². The Kier molecular flexibility index (Phi) is 2.77. The fraction of sp³-hybridized carbons (Fsp3) is 0.